The number of benzene rings is 2. The number of carbonyl (C=O) groups excluding carboxylic acids is 3. The summed E-state index contributed by atoms with van der Waals surface area (Å²) in [5.41, 5.74) is 1.47. The Hall–Kier alpha value is -3.19. The minimum Gasteiger partial charge on any atom is -0.385 e. The van der Waals surface area contributed by atoms with E-state index in [9.17, 15) is 14.4 Å². The maximum absolute atomic E-state index is 13.1. The molecule has 2 N–H and O–H groups in total. The lowest BCUT2D eigenvalue weighted by Gasteiger charge is -2.31. The van der Waals surface area contributed by atoms with Gasteiger partial charge in [-0.1, -0.05) is 30.3 Å². The second kappa shape index (κ2) is 11.3. The summed E-state index contributed by atoms with van der Waals surface area (Å²) in [6.07, 6.45) is 2.03. The van der Waals surface area contributed by atoms with Crippen molar-refractivity contribution in [3.05, 3.63) is 65.7 Å². The molecule has 7 heteroatoms. The van der Waals surface area contributed by atoms with Crippen molar-refractivity contribution >= 4 is 23.4 Å². The monoisotopic (exact) mass is 423 g/mol. The molecule has 7 nitrogen and oxygen atoms in total. The molecule has 1 fully saturated rings. The highest BCUT2D eigenvalue weighted by Gasteiger charge is 2.28. The van der Waals surface area contributed by atoms with Crippen LogP contribution in [-0.4, -0.2) is 56.0 Å². The summed E-state index contributed by atoms with van der Waals surface area (Å²) < 4.78 is 4.99. The summed E-state index contributed by atoms with van der Waals surface area (Å²) in [5, 5.41) is 5.79. The molecule has 3 amide bonds. The molecule has 0 atom stereocenters. The Morgan fingerprint density at radius 2 is 1.68 bits per heavy atom. The van der Waals surface area contributed by atoms with Gasteiger partial charge in [0.15, 0.2) is 0 Å². The Kier molecular flexibility index (Phi) is 8.18. The highest BCUT2D eigenvalue weighted by Crippen LogP contribution is 2.23. The van der Waals surface area contributed by atoms with Gasteiger partial charge in [-0.05, 0) is 43.5 Å². The third kappa shape index (κ3) is 6.15. The minimum atomic E-state index is -0.260. The standard InChI is InChI=1S/C24H29N3O4/c1-31-17-7-14-25-22(28)19-12-15-27(16-13-19)24(30)20-10-5-6-11-21(20)26-23(29)18-8-3-2-4-9-18/h2-6,8-11,19H,7,12-17H2,1H3,(H,25,28)(H,26,29). The molecule has 1 aliphatic rings. The Bertz CT molecular complexity index is 893. The first kappa shape index (κ1) is 22.5. The zero-order chi connectivity index (χ0) is 22.1. The predicted octanol–water partition coefficient (Wildman–Crippen LogP) is 2.94. The second-order valence-corrected chi connectivity index (χ2v) is 7.57. The number of hydrogen-bond acceptors (Lipinski definition) is 4. The molecule has 0 unspecified atom stereocenters. The quantitative estimate of drug-likeness (QED) is 0.639. The molecular formula is C24H29N3O4. The van der Waals surface area contributed by atoms with Gasteiger partial charge < -0.3 is 20.3 Å². The van der Waals surface area contributed by atoms with Crippen LogP contribution in [0.3, 0.4) is 0 Å². The van der Waals surface area contributed by atoms with Crippen LogP contribution >= 0.6 is 0 Å². The lowest BCUT2D eigenvalue weighted by Crippen LogP contribution is -2.43. The first-order valence-corrected chi connectivity index (χ1v) is 10.6. The van der Waals surface area contributed by atoms with Crippen LogP contribution in [0.15, 0.2) is 54.6 Å². The lowest BCUT2D eigenvalue weighted by molar-refractivity contribution is -0.126. The largest absolute Gasteiger partial charge is 0.385 e. The van der Waals surface area contributed by atoms with Gasteiger partial charge in [-0.2, -0.15) is 0 Å². The van der Waals surface area contributed by atoms with Gasteiger partial charge in [0.05, 0.1) is 11.3 Å². The normalized spacial score (nSPS) is 14.2. The topological polar surface area (TPSA) is 87.7 Å². The van der Waals surface area contributed by atoms with Crippen molar-refractivity contribution in [1.82, 2.24) is 10.2 Å². The summed E-state index contributed by atoms with van der Waals surface area (Å²) >= 11 is 0. The van der Waals surface area contributed by atoms with E-state index in [4.69, 9.17) is 4.74 Å². The van der Waals surface area contributed by atoms with E-state index in [-0.39, 0.29) is 23.6 Å². The fraction of sp³-hybridized carbons (Fsp3) is 0.375. The van der Waals surface area contributed by atoms with Gasteiger partial charge in [0.2, 0.25) is 5.91 Å². The number of para-hydroxylation sites is 1. The van der Waals surface area contributed by atoms with Crippen LogP contribution in [0.1, 0.15) is 40.0 Å². The summed E-state index contributed by atoms with van der Waals surface area (Å²) in [5.74, 6) is -0.439. The highest BCUT2D eigenvalue weighted by molar-refractivity contribution is 6.09. The molecule has 0 spiro atoms. The molecule has 0 saturated carbocycles. The number of amides is 3. The van der Waals surface area contributed by atoms with Crippen LogP contribution in [0.2, 0.25) is 0 Å². The van der Waals surface area contributed by atoms with E-state index in [0.29, 0.717) is 55.9 Å². The van der Waals surface area contributed by atoms with Crippen molar-refractivity contribution in [3.8, 4) is 0 Å². The van der Waals surface area contributed by atoms with Crippen molar-refractivity contribution in [1.29, 1.82) is 0 Å². The average molecular weight is 424 g/mol. The smallest absolute Gasteiger partial charge is 0.255 e. The number of anilines is 1. The fourth-order valence-electron chi connectivity index (χ4n) is 3.65. The Morgan fingerprint density at radius 3 is 2.39 bits per heavy atom. The zero-order valence-electron chi connectivity index (χ0n) is 17.8. The van der Waals surface area contributed by atoms with E-state index in [1.807, 2.05) is 6.07 Å². The van der Waals surface area contributed by atoms with Crippen molar-refractivity contribution in [3.63, 3.8) is 0 Å². The van der Waals surface area contributed by atoms with Gasteiger partial charge in [0.1, 0.15) is 0 Å². The molecule has 2 aromatic rings. The van der Waals surface area contributed by atoms with Crippen molar-refractivity contribution < 1.29 is 19.1 Å². The number of ether oxygens (including phenoxy) is 1. The molecule has 164 valence electrons. The summed E-state index contributed by atoms with van der Waals surface area (Å²) in [6, 6.07) is 15.9. The van der Waals surface area contributed by atoms with Crippen LogP contribution in [0.5, 0.6) is 0 Å². The molecule has 3 rings (SSSR count). The SMILES string of the molecule is COCCCNC(=O)C1CCN(C(=O)c2ccccc2NC(=O)c2ccccc2)CC1. The first-order valence-electron chi connectivity index (χ1n) is 10.6. The van der Waals surface area contributed by atoms with Crippen LogP contribution in [0.4, 0.5) is 5.69 Å². The van der Waals surface area contributed by atoms with E-state index in [1.165, 1.54) is 0 Å². The number of rotatable bonds is 8. The van der Waals surface area contributed by atoms with Crippen LogP contribution in [0, 0.1) is 5.92 Å². The van der Waals surface area contributed by atoms with Gasteiger partial charge in [-0.25, -0.2) is 0 Å². The maximum atomic E-state index is 13.1. The predicted molar refractivity (Wildman–Crippen MR) is 119 cm³/mol. The Labute approximate surface area is 182 Å². The third-order valence-electron chi connectivity index (χ3n) is 5.42. The number of carbonyl (C=O) groups is 3. The van der Waals surface area contributed by atoms with E-state index < -0.39 is 0 Å². The molecule has 1 saturated heterocycles. The summed E-state index contributed by atoms with van der Waals surface area (Å²) in [7, 11) is 1.64. The van der Waals surface area contributed by atoms with Gasteiger partial charge in [0, 0.05) is 44.8 Å². The zero-order valence-corrected chi connectivity index (χ0v) is 17.8. The number of nitrogens with zero attached hydrogens (tertiary/aromatic N) is 1. The van der Waals surface area contributed by atoms with E-state index in [1.54, 1.807) is 60.5 Å². The van der Waals surface area contributed by atoms with Crippen LogP contribution < -0.4 is 10.6 Å². The van der Waals surface area contributed by atoms with Crippen molar-refractivity contribution in [2.45, 2.75) is 19.3 Å². The Morgan fingerprint density at radius 1 is 1.00 bits per heavy atom. The van der Waals surface area contributed by atoms with Crippen LogP contribution in [0.25, 0.3) is 0 Å². The molecule has 2 aromatic carbocycles. The summed E-state index contributed by atoms with van der Waals surface area (Å²) in [6.45, 7) is 2.24. The molecular weight excluding hydrogens is 394 g/mol. The third-order valence-corrected chi connectivity index (χ3v) is 5.42. The maximum Gasteiger partial charge on any atom is 0.255 e. The number of piperidine rings is 1. The number of methoxy groups -OCH3 is 1. The van der Waals surface area contributed by atoms with E-state index >= 15 is 0 Å². The first-order chi connectivity index (χ1) is 15.1. The summed E-state index contributed by atoms with van der Waals surface area (Å²) in [4.78, 5) is 39.7. The number of nitrogens with one attached hydrogen (secondary N) is 2. The minimum absolute atomic E-state index is 0.0405. The number of hydrogen-bond donors (Lipinski definition) is 2. The molecule has 0 aromatic heterocycles. The van der Waals surface area contributed by atoms with Crippen molar-refractivity contribution in [2.24, 2.45) is 5.92 Å². The van der Waals surface area contributed by atoms with Gasteiger partial charge in [0.25, 0.3) is 11.8 Å². The van der Waals surface area contributed by atoms with E-state index in [2.05, 4.69) is 10.6 Å². The van der Waals surface area contributed by atoms with Gasteiger partial charge >= 0.3 is 0 Å². The van der Waals surface area contributed by atoms with E-state index in [0.717, 1.165) is 6.42 Å². The van der Waals surface area contributed by atoms with Crippen LogP contribution in [-0.2, 0) is 9.53 Å². The molecule has 1 heterocycles. The molecule has 1 aliphatic heterocycles. The van der Waals surface area contributed by atoms with Crippen molar-refractivity contribution in [2.75, 3.05) is 38.7 Å². The molecule has 31 heavy (non-hydrogen) atoms. The number of likely N-dealkylation sites (tertiary alicyclic amines) is 1. The molecule has 0 radical (unpaired) electrons. The average Bonchev–Trinajstić information content (AvgIpc) is 2.82. The lowest BCUT2D eigenvalue weighted by atomic mass is 9.95. The molecule has 0 bridgehead atoms. The van der Waals surface area contributed by atoms with Gasteiger partial charge in [-0.15, -0.1) is 0 Å². The molecule has 0 aliphatic carbocycles. The highest BCUT2D eigenvalue weighted by atomic mass is 16.5. The Balaban J connectivity index is 1.58. The van der Waals surface area contributed by atoms with Gasteiger partial charge in [-0.3, -0.25) is 14.4 Å². The fourth-order valence-corrected chi connectivity index (χ4v) is 3.65. The second-order valence-electron chi connectivity index (χ2n) is 7.57.